The molecule has 1 aromatic heterocycles. The zero-order valence-electron chi connectivity index (χ0n) is 15.1. The first-order chi connectivity index (χ1) is 13.0. The van der Waals surface area contributed by atoms with E-state index in [1.807, 2.05) is 4.90 Å². The average molecular weight is 368 g/mol. The summed E-state index contributed by atoms with van der Waals surface area (Å²) < 4.78 is 0. The first kappa shape index (κ1) is 18.7. The van der Waals surface area contributed by atoms with Crippen LogP contribution in [0, 0.1) is 0 Å². The number of rotatable bonds is 6. The lowest BCUT2D eigenvalue weighted by Gasteiger charge is -2.27. The number of nitrogens with two attached hydrogens (primary N) is 1. The molecule has 0 aliphatic carbocycles. The van der Waals surface area contributed by atoms with Crippen LogP contribution in [0.15, 0.2) is 42.6 Å². The van der Waals surface area contributed by atoms with Crippen LogP contribution in [-0.4, -0.2) is 45.9 Å². The SMILES string of the molecule is NC(=O)[C@H](Cc1ccc(O)cc1)Nc1cc(C(=O)N2CCCCC2)ccn1. The molecule has 1 aliphatic rings. The number of phenolic OH excluding ortho intramolecular Hbond substituents is 1. The standard InChI is InChI=1S/C20H24N4O3/c21-19(26)17(12-14-4-6-16(25)7-5-14)23-18-13-15(8-9-22-18)20(27)24-10-2-1-3-11-24/h4-9,13,17,25H,1-3,10-12H2,(H2,21,26)(H,22,23)/t17-/m0/s1. The van der Waals surface area contributed by atoms with Gasteiger partial charge in [-0.05, 0) is 49.1 Å². The molecule has 0 spiro atoms. The molecule has 142 valence electrons. The number of phenols is 1. The molecule has 0 bridgehead atoms. The van der Waals surface area contributed by atoms with E-state index < -0.39 is 11.9 Å². The van der Waals surface area contributed by atoms with Crippen LogP contribution < -0.4 is 11.1 Å². The van der Waals surface area contributed by atoms with E-state index in [1.54, 1.807) is 42.6 Å². The molecule has 1 fully saturated rings. The van der Waals surface area contributed by atoms with E-state index in [4.69, 9.17) is 5.73 Å². The number of nitrogens with one attached hydrogen (secondary N) is 1. The summed E-state index contributed by atoms with van der Waals surface area (Å²) >= 11 is 0. The Balaban J connectivity index is 1.71. The van der Waals surface area contributed by atoms with Gasteiger partial charge in [-0.2, -0.15) is 0 Å². The van der Waals surface area contributed by atoms with Gasteiger partial charge in [-0.25, -0.2) is 4.98 Å². The van der Waals surface area contributed by atoms with Crippen LogP contribution in [0.3, 0.4) is 0 Å². The topological polar surface area (TPSA) is 109 Å². The fourth-order valence-electron chi connectivity index (χ4n) is 3.19. The van der Waals surface area contributed by atoms with Gasteiger partial charge in [0.25, 0.3) is 5.91 Å². The number of aromatic hydroxyl groups is 1. The van der Waals surface area contributed by atoms with E-state index in [0.717, 1.165) is 37.9 Å². The summed E-state index contributed by atoms with van der Waals surface area (Å²) in [6.45, 7) is 1.55. The maximum Gasteiger partial charge on any atom is 0.254 e. The van der Waals surface area contributed by atoms with Crippen molar-refractivity contribution in [3.05, 3.63) is 53.7 Å². The highest BCUT2D eigenvalue weighted by Gasteiger charge is 2.20. The van der Waals surface area contributed by atoms with Gasteiger partial charge in [0.1, 0.15) is 17.6 Å². The van der Waals surface area contributed by atoms with Crippen molar-refractivity contribution in [1.29, 1.82) is 0 Å². The summed E-state index contributed by atoms with van der Waals surface area (Å²) in [4.78, 5) is 30.6. The molecule has 27 heavy (non-hydrogen) atoms. The van der Waals surface area contributed by atoms with Gasteiger partial charge in [0.05, 0.1) is 0 Å². The Labute approximate surface area is 158 Å². The van der Waals surface area contributed by atoms with Gasteiger partial charge in [-0.15, -0.1) is 0 Å². The number of likely N-dealkylation sites (tertiary alicyclic amines) is 1. The summed E-state index contributed by atoms with van der Waals surface area (Å²) in [6, 6.07) is 9.24. The van der Waals surface area contributed by atoms with E-state index in [2.05, 4.69) is 10.3 Å². The lowest BCUT2D eigenvalue weighted by atomic mass is 10.1. The minimum absolute atomic E-state index is 0.0192. The molecule has 4 N–H and O–H groups in total. The lowest BCUT2D eigenvalue weighted by Crippen LogP contribution is -2.38. The molecule has 0 saturated carbocycles. The van der Waals surface area contributed by atoms with Gasteiger partial charge >= 0.3 is 0 Å². The van der Waals surface area contributed by atoms with E-state index in [1.165, 1.54) is 0 Å². The van der Waals surface area contributed by atoms with Crippen molar-refractivity contribution in [1.82, 2.24) is 9.88 Å². The lowest BCUT2D eigenvalue weighted by molar-refractivity contribution is -0.118. The van der Waals surface area contributed by atoms with Crippen LogP contribution in [0.1, 0.15) is 35.2 Å². The molecular weight excluding hydrogens is 344 g/mol. The Bertz CT molecular complexity index is 801. The molecule has 3 rings (SSSR count). The molecule has 2 heterocycles. The predicted molar refractivity (Wildman–Crippen MR) is 102 cm³/mol. The highest BCUT2D eigenvalue weighted by atomic mass is 16.3. The summed E-state index contributed by atoms with van der Waals surface area (Å²) in [5, 5.41) is 12.4. The van der Waals surface area contributed by atoms with Crippen LogP contribution in [-0.2, 0) is 11.2 Å². The second-order valence-corrected chi connectivity index (χ2v) is 6.75. The highest BCUT2D eigenvalue weighted by molar-refractivity contribution is 5.95. The average Bonchev–Trinajstić information content (AvgIpc) is 2.69. The van der Waals surface area contributed by atoms with Crippen LogP contribution in [0.5, 0.6) is 5.75 Å². The zero-order chi connectivity index (χ0) is 19.2. The Morgan fingerprint density at radius 1 is 1.15 bits per heavy atom. The number of aromatic nitrogens is 1. The largest absolute Gasteiger partial charge is 0.508 e. The number of amides is 2. The van der Waals surface area contributed by atoms with Crippen molar-refractivity contribution < 1.29 is 14.7 Å². The van der Waals surface area contributed by atoms with Crippen molar-refractivity contribution >= 4 is 17.6 Å². The number of benzene rings is 1. The summed E-state index contributed by atoms with van der Waals surface area (Å²) in [7, 11) is 0. The normalized spacial score (nSPS) is 15.2. The molecule has 7 nitrogen and oxygen atoms in total. The van der Waals surface area contributed by atoms with Crippen LogP contribution in [0.2, 0.25) is 0 Å². The number of hydrogen-bond donors (Lipinski definition) is 3. The summed E-state index contributed by atoms with van der Waals surface area (Å²) in [6.07, 6.45) is 5.11. The quantitative estimate of drug-likeness (QED) is 0.722. The molecule has 1 aliphatic heterocycles. The number of pyridine rings is 1. The van der Waals surface area contributed by atoms with E-state index >= 15 is 0 Å². The number of primary amides is 1. The Morgan fingerprint density at radius 3 is 2.52 bits per heavy atom. The summed E-state index contributed by atoms with van der Waals surface area (Å²) in [5.74, 6) is 0.0558. The molecule has 1 aromatic carbocycles. The number of piperidine rings is 1. The van der Waals surface area contributed by atoms with Gasteiger partial charge in [0, 0.05) is 31.3 Å². The number of hydrogen-bond acceptors (Lipinski definition) is 5. The number of nitrogens with zero attached hydrogens (tertiary/aromatic N) is 2. The molecule has 2 aromatic rings. The van der Waals surface area contributed by atoms with Crippen molar-refractivity contribution in [3.8, 4) is 5.75 Å². The fraction of sp³-hybridized carbons (Fsp3) is 0.350. The van der Waals surface area contributed by atoms with Crippen LogP contribution in [0.4, 0.5) is 5.82 Å². The minimum Gasteiger partial charge on any atom is -0.508 e. The zero-order valence-corrected chi connectivity index (χ0v) is 15.1. The third-order valence-corrected chi connectivity index (χ3v) is 4.69. The van der Waals surface area contributed by atoms with E-state index in [9.17, 15) is 14.7 Å². The van der Waals surface area contributed by atoms with Gasteiger partial charge < -0.3 is 21.1 Å². The second-order valence-electron chi connectivity index (χ2n) is 6.75. The van der Waals surface area contributed by atoms with Gasteiger partial charge in [0.2, 0.25) is 5.91 Å². The highest BCUT2D eigenvalue weighted by Crippen LogP contribution is 2.17. The van der Waals surface area contributed by atoms with Gasteiger partial charge in [-0.1, -0.05) is 12.1 Å². The van der Waals surface area contributed by atoms with Gasteiger partial charge in [0.15, 0.2) is 0 Å². The predicted octanol–water partition coefficient (Wildman–Crippen LogP) is 1.92. The molecule has 2 amide bonds. The number of carbonyl (C=O) groups is 2. The fourth-order valence-corrected chi connectivity index (χ4v) is 3.19. The molecule has 1 atom stereocenters. The van der Waals surface area contributed by atoms with Crippen molar-refractivity contribution in [3.63, 3.8) is 0 Å². The van der Waals surface area contributed by atoms with Crippen LogP contribution >= 0.6 is 0 Å². The molecule has 7 heteroatoms. The Hall–Kier alpha value is -3.09. The van der Waals surface area contributed by atoms with Gasteiger partial charge in [-0.3, -0.25) is 9.59 Å². The Kier molecular flexibility index (Phi) is 5.90. The van der Waals surface area contributed by atoms with Crippen molar-refractivity contribution in [2.45, 2.75) is 31.7 Å². The summed E-state index contributed by atoms with van der Waals surface area (Å²) in [5.41, 5.74) is 6.92. The Morgan fingerprint density at radius 2 is 1.85 bits per heavy atom. The smallest absolute Gasteiger partial charge is 0.254 e. The maximum absolute atomic E-state index is 12.6. The maximum atomic E-state index is 12.6. The molecule has 0 radical (unpaired) electrons. The molecular formula is C20H24N4O3. The van der Waals surface area contributed by atoms with E-state index in [0.29, 0.717) is 17.8 Å². The third kappa shape index (κ3) is 4.97. The monoisotopic (exact) mass is 368 g/mol. The van der Waals surface area contributed by atoms with Crippen LogP contribution in [0.25, 0.3) is 0 Å². The van der Waals surface area contributed by atoms with E-state index in [-0.39, 0.29) is 11.7 Å². The number of anilines is 1. The van der Waals surface area contributed by atoms with Crippen molar-refractivity contribution in [2.75, 3.05) is 18.4 Å². The minimum atomic E-state index is -0.678. The second kappa shape index (κ2) is 8.53. The molecule has 1 saturated heterocycles. The molecule has 0 unspecified atom stereocenters. The first-order valence-electron chi connectivity index (χ1n) is 9.12. The number of carbonyl (C=O) groups excluding carboxylic acids is 2. The van der Waals surface area contributed by atoms with Crippen molar-refractivity contribution in [2.24, 2.45) is 5.73 Å². The first-order valence-corrected chi connectivity index (χ1v) is 9.12. The third-order valence-electron chi connectivity index (χ3n) is 4.69.